The van der Waals surface area contributed by atoms with E-state index in [9.17, 15) is 4.39 Å². The number of halogens is 1. The minimum atomic E-state index is -0.253. The molecule has 2 aromatic carbocycles. The van der Waals surface area contributed by atoms with Crippen LogP contribution in [0, 0.1) is 12.7 Å². The first-order valence-electron chi connectivity index (χ1n) is 6.97. The van der Waals surface area contributed by atoms with Gasteiger partial charge in [-0.2, -0.15) is 0 Å². The lowest BCUT2D eigenvalue weighted by atomic mass is 10.1. The predicted molar refractivity (Wildman–Crippen MR) is 77.5 cm³/mol. The summed E-state index contributed by atoms with van der Waals surface area (Å²) in [6.07, 6.45) is 2.57. The van der Waals surface area contributed by atoms with Crippen molar-refractivity contribution >= 4 is 0 Å². The van der Waals surface area contributed by atoms with Crippen LogP contribution in [0.1, 0.15) is 24.0 Å². The molecule has 2 aromatic rings. The van der Waals surface area contributed by atoms with Gasteiger partial charge in [0.25, 0.3) is 0 Å². The van der Waals surface area contributed by atoms with Crippen LogP contribution in [0.2, 0.25) is 0 Å². The lowest BCUT2D eigenvalue weighted by Gasteiger charge is -2.11. The van der Waals surface area contributed by atoms with E-state index in [-0.39, 0.29) is 5.82 Å². The topological polar surface area (TPSA) is 21.3 Å². The number of hydrogen-bond acceptors (Lipinski definition) is 2. The second kappa shape index (κ2) is 5.63. The van der Waals surface area contributed by atoms with E-state index in [2.05, 4.69) is 17.4 Å². The zero-order valence-electron chi connectivity index (χ0n) is 11.5. The van der Waals surface area contributed by atoms with Crippen molar-refractivity contribution in [2.75, 3.05) is 0 Å². The molecule has 3 rings (SSSR count). The Labute approximate surface area is 118 Å². The van der Waals surface area contributed by atoms with Gasteiger partial charge in [-0.25, -0.2) is 4.39 Å². The van der Waals surface area contributed by atoms with Gasteiger partial charge in [-0.15, -0.1) is 0 Å². The Morgan fingerprint density at radius 1 is 1.15 bits per heavy atom. The first-order chi connectivity index (χ1) is 9.70. The van der Waals surface area contributed by atoms with Crippen LogP contribution in [0.25, 0.3) is 0 Å². The summed E-state index contributed by atoms with van der Waals surface area (Å²) in [6.45, 7) is 2.88. The second-order valence-electron chi connectivity index (χ2n) is 5.31. The highest BCUT2D eigenvalue weighted by atomic mass is 19.1. The molecular weight excluding hydrogens is 253 g/mol. The highest BCUT2D eigenvalue weighted by Gasteiger charge is 2.20. The van der Waals surface area contributed by atoms with Crippen molar-refractivity contribution in [1.82, 2.24) is 5.32 Å². The van der Waals surface area contributed by atoms with E-state index >= 15 is 0 Å². The van der Waals surface area contributed by atoms with Crippen molar-refractivity contribution in [2.24, 2.45) is 0 Å². The molecule has 1 N–H and O–H groups in total. The van der Waals surface area contributed by atoms with Crippen molar-refractivity contribution in [1.29, 1.82) is 0 Å². The summed E-state index contributed by atoms with van der Waals surface area (Å²) in [5.74, 6) is 1.23. The van der Waals surface area contributed by atoms with Crippen LogP contribution in [-0.4, -0.2) is 6.04 Å². The number of nitrogens with one attached hydrogen (secondary N) is 1. The van der Waals surface area contributed by atoms with Gasteiger partial charge in [0.1, 0.15) is 17.3 Å². The molecule has 0 saturated heterocycles. The fourth-order valence-corrected chi connectivity index (χ4v) is 2.04. The summed E-state index contributed by atoms with van der Waals surface area (Å²) in [7, 11) is 0. The van der Waals surface area contributed by atoms with Crippen molar-refractivity contribution < 1.29 is 9.13 Å². The number of ether oxygens (including phenoxy) is 1. The normalized spacial score (nSPS) is 14.3. The molecule has 0 bridgehead atoms. The lowest BCUT2D eigenvalue weighted by Crippen LogP contribution is -2.15. The number of rotatable bonds is 5. The average Bonchev–Trinajstić information content (AvgIpc) is 3.26. The predicted octanol–water partition coefficient (Wildman–Crippen LogP) is 4.18. The zero-order chi connectivity index (χ0) is 13.9. The summed E-state index contributed by atoms with van der Waals surface area (Å²) in [6, 6.07) is 13.0. The van der Waals surface area contributed by atoms with Gasteiger partial charge in [-0.3, -0.25) is 0 Å². The van der Waals surface area contributed by atoms with E-state index in [4.69, 9.17) is 4.74 Å². The molecule has 0 aromatic heterocycles. The van der Waals surface area contributed by atoms with Crippen molar-refractivity contribution in [3.05, 3.63) is 59.4 Å². The van der Waals surface area contributed by atoms with Gasteiger partial charge in [0.05, 0.1) is 0 Å². The summed E-state index contributed by atoms with van der Waals surface area (Å²) in [5, 5.41) is 3.49. The summed E-state index contributed by atoms with van der Waals surface area (Å²) >= 11 is 0. The number of hydrogen-bond donors (Lipinski definition) is 1. The molecule has 1 aliphatic rings. The van der Waals surface area contributed by atoms with Crippen molar-refractivity contribution in [2.45, 2.75) is 32.4 Å². The number of benzene rings is 2. The Bertz CT molecular complexity index is 590. The molecule has 0 atom stereocenters. The van der Waals surface area contributed by atoms with Gasteiger partial charge in [0.2, 0.25) is 0 Å². The molecule has 0 aliphatic heterocycles. The van der Waals surface area contributed by atoms with Crippen LogP contribution >= 0.6 is 0 Å². The van der Waals surface area contributed by atoms with Gasteiger partial charge in [-0.1, -0.05) is 12.1 Å². The third-order valence-corrected chi connectivity index (χ3v) is 3.47. The van der Waals surface area contributed by atoms with Gasteiger partial charge in [0, 0.05) is 12.6 Å². The molecule has 0 unspecified atom stereocenters. The van der Waals surface area contributed by atoms with Gasteiger partial charge >= 0.3 is 0 Å². The van der Waals surface area contributed by atoms with Crippen LogP contribution < -0.4 is 10.1 Å². The SMILES string of the molecule is Cc1ccc(CNC2CC2)cc1Oc1ccc(F)cc1. The fraction of sp³-hybridized carbons (Fsp3) is 0.294. The first-order valence-corrected chi connectivity index (χ1v) is 6.97. The molecular formula is C17H18FNO. The highest BCUT2D eigenvalue weighted by molar-refractivity contribution is 5.40. The Hall–Kier alpha value is -1.87. The third-order valence-electron chi connectivity index (χ3n) is 3.47. The van der Waals surface area contributed by atoms with Crippen LogP contribution in [0.4, 0.5) is 4.39 Å². The Kier molecular flexibility index (Phi) is 3.70. The molecule has 0 spiro atoms. The van der Waals surface area contributed by atoms with E-state index in [0.29, 0.717) is 11.8 Å². The van der Waals surface area contributed by atoms with E-state index < -0.39 is 0 Å². The monoisotopic (exact) mass is 271 g/mol. The van der Waals surface area contributed by atoms with Gasteiger partial charge in [-0.05, 0) is 61.2 Å². The molecule has 20 heavy (non-hydrogen) atoms. The molecule has 1 saturated carbocycles. The molecule has 0 amide bonds. The molecule has 0 heterocycles. The van der Waals surface area contributed by atoms with Crippen LogP contribution in [-0.2, 0) is 6.54 Å². The van der Waals surface area contributed by atoms with E-state index in [1.807, 2.05) is 13.0 Å². The van der Waals surface area contributed by atoms with Gasteiger partial charge < -0.3 is 10.1 Å². The Morgan fingerprint density at radius 2 is 1.90 bits per heavy atom. The largest absolute Gasteiger partial charge is 0.457 e. The highest BCUT2D eigenvalue weighted by Crippen LogP contribution is 2.27. The maximum atomic E-state index is 12.9. The van der Waals surface area contributed by atoms with Crippen LogP contribution in [0.3, 0.4) is 0 Å². The van der Waals surface area contributed by atoms with Crippen molar-refractivity contribution in [3.8, 4) is 11.5 Å². The van der Waals surface area contributed by atoms with Crippen LogP contribution in [0.15, 0.2) is 42.5 Å². The van der Waals surface area contributed by atoms with Gasteiger partial charge in [0.15, 0.2) is 0 Å². The summed E-state index contributed by atoms with van der Waals surface area (Å²) in [5.41, 5.74) is 2.28. The summed E-state index contributed by atoms with van der Waals surface area (Å²) in [4.78, 5) is 0. The van der Waals surface area contributed by atoms with E-state index in [0.717, 1.165) is 17.9 Å². The maximum absolute atomic E-state index is 12.9. The molecule has 0 radical (unpaired) electrons. The standard InChI is InChI=1S/C17H18FNO/c1-12-2-3-13(11-19-15-6-7-15)10-17(12)20-16-8-4-14(18)5-9-16/h2-5,8-10,15,19H,6-7,11H2,1H3. The smallest absolute Gasteiger partial charge is 0.130 e. The lowest BCUT2D eigenvalue weighted by molar-refractivity contribution is 0.475. The molecule has 104 valence electrons. The van der Waals surface area contributed by atoms with Crippen LogP contribution in [0.5, 0.6) is 11.5 Å². The molecule has 1 aliphatic carbocycles. The Morgan fingerprint density at radius 3 is 2.60 bits per heavy atom. The molecule has 1 fully saturated rings. The zero-order valence-corrected chi connectivity index (χ0v) is 11.5. The van der Waals surface area contributed by atoms with Crippen molar-refractivity contribution in [3.63, 3.8) is 0 Å². The Balaban J connectivity index is 1.73. The third kappa shape index (κ3) is 3.36. The molecule has 2 nitrogen and oxygen atoms in total. The molecule has 3 heteroatoms. The first kappa shape index (κ1) is 13.1. The minimum Gasteiger partial charge on any atom is -0.457 e. The minimum absolute atomic E-state index is 0.253. The average molecular weight is 271 g/mol. The van der Waals surface area contributed by atoms with E-state index in [1.165, 1.54) is 30.5 Å². The second-order valence-corrected chi connectivity index (χ2v) is 5.31. The number of aryl methyl sites for hydroxylation is 1. The quantitative estimate of drug-likeness (QED) is 0.881. The fourth-order valence-electron chi connectivity index (χ4n) is 2.04. The summed E-state index contributed by atoms with van der Waals surface area (Å²) < 4.78 is 18.7. The van der Waals surface area contributed by atoms with E-state index in [1.54, 1.807) is 12.1 Å². The maximum Gasteiger partial charge on any atom is 0.130 e.